The van der Waals surface area contributed by atoms with Crippen molar-refractivity contribution >= 4 is 40.8 Å². The Bertz CT molecular complexity index is 1110. The molecule has 0 saturated heterocycles. The second-order valence-electron chi connectivity index (χ2n) is 6.01. The summed E-state index contributed by atoms with van der Waals surface area (Å²) < 4.78 is 0. The quantitative estimate of drug-likeness (QED) is 0.694. The molecule has 0 radical (unpaired) electrons. The molecule has 2 amide bonds. The summed E-state index contributed by atoms with van der Waals surface area (Å²) in [6, 6.07) is 8.73. The van der Waals surface area contributed by atoms with Crippen LogP contribution in [0.5, 0.6) is 0 Å². The Balaban J connectivity index is 1.60. The summed E-state index contributed by atoms with van der Waals surface area (Å²) in [6.45, 7) is 0.122. The molecule has 0 atom stereocenters. The fourth-order valence-corrected chi connectivity index (χ4v) is 3.31. The van der Waals surface area contributed by atoms with E-state index in [1.807, 2.05) is 12.1 Å². The van der Waals surface area contributed by atoms with Crippen LogP contribution in [0.3, 0.4) is 0 Å². The molecule has 3 aromatic rings. The van der Waals surface area contributed by atoms with Crippen molar-refractivity contribution in [3.63, 3.8) is 0 Å². The van der Waals surface area contributed by atoms with Gasteiger partial charge in [0.25, 0.3) is 11.8 Å². The number of amides is 2. The van der Waals surface area contributed by atoms with Gasteiger partial charge in [0.15, 0.2) is 0 Å². The highest BCUT2D eigenvalue weighted by molar-refractivity contribution is 6.21. The number of carbonyl (C=O) groups is 2. The molecule has 2 N–H and O–H groups in total. The Morgan fingerprint density at radius 2 is 1.73 bits per heavy atom. The van der Waals surface area contributed by atoms with Crippen molar-refractivity contribution in [2.24, 2.45) is 5.10 Å². The molecular formula is C18H12N6O2. The van der Waals surface area contributed by atoms with Crippen LogP contribution in [-0.2, 0) is 6.54 Å². The number of carbonyl (C=O) groups excluding carboxylic acids is 2. The highest BCUT2D eigenvalue weighted by Gasteiger charge is 2.35. The summed E-state index contributed by atoms with van der Waals surface area (Å²) in [5, 5.41) is 15.1. The number of hydrazone groups is 1. The Labute approximate surface area is 147 Å². The van der Waals surface area contributed by atoms with E-state index in [2.05, 4.69) is 25.9 Å². The molecule has 0 spiro atoms. The van der Waals surface area contributed by atoms with Gasteiger partial charge >= 0.3 is 0 Å². The molecule has 2 aliphatic heterocycles. The first kappa shape index (κ1) is 14.5. The number of hydrogen-bond acceptors (Lipinski definition) is 6. The lowest BCUT2D eigenvalue weighted by atomic mass is 10.0. The van der Waals surface area contributed by atoms with E-state index in [0.717, 1.165) is 16.8 Å². The molecule has 2 aliphatic rings. The molecule has 0 bridgehead atoms. The van der Waals surface area contributed by atoms with Crippen molar-refractivity contribution in [1.82, 2.24) is 20.3 Å². The summed E-state index contributed by atoms with van der Waals surface area (Å²) in [7, 11) is 0. The number of rotatable bonds is 2. The van der Waals surface area contributed by atoms with Crippen LogP contribution in [0.15, 0.2) is 41.5 Å². The molecular weight excluding hydrogens is 332 g/mol. The van der Waals surface area contributed by atoms with Crippen LogP contribution in [0.4, 0.5) is 5.69 Å². The number of allylic oxidation sites excluding steroid dienone is 1. The minimum atomic E-state index is -0.297. The maximum absolute atomic E-state index is 12.6. The van der Waals surface area contributed by atoms with E-state index in [9.17, 15) is 9.59 Å². The van der Waals surface area contributed by atoms with Gasteiger partial charge < -0.3 is 0 Å². The van der Waals surface area contributed by atoms with Gasteiger partial charge in [0.1, 0.15) is 11.0 Å². The van der Waals surface area contributed by atoms with Crippen LogP contribution < -0.4 is 5.43 Å². The predicted octanol–water partition coefficient (Wildman–Crippen LogP) is 2.18. The van der Waals surface area contributed by atoms with Gasteiger partial charge in [-0.1, -0.05) is 18.2 Å². The van der Waals surface area contributed by atoms with E-state index in [-0.39, 0.29) is 18.4 Å². The normalized spacial score (nSPS) is 15.2. The molecule has 0 unspecified atom stereocenters. The Morgan fingerprint density at radius 3 is 2.50 bits per heavy atom. The lowest BCUT2D eigenvalue weighted by Crippen LogP contribution is -2.29. The minimum absolute atomic E-state index is 0.122. The van der Waals surface area contributed by atoms with Crippen molar-refractivity contribution in [2.75, 3.05) is 5.43 Å². The van der Waals surface area contributed by atoms with Crippen molar-refractivity contribution in [3.05, 3.63) is 58.7 Å². The first-order chi connectivity index (χ1) is 12.7. The van der Waals surface area contributed by atoms with Crippen LogP contribution in [-0.4, -0.2) is 38.3 Å². The zero-order valence-corrected chi connectivity index (χ0v) is 13.4. The summed E-state index contributed by atoms with van der Waals surface area (Å²) in [5.41, 5.74) is 7.32. The molecule has 3 heterocycles. The SMILES string of the molecule is O=C1c2ccccc2C(=O)N1Cc1cc2c(c3n[nH]nc13)NN=CC=C2. The van der Waals surface area contributed by atoms with Crippen LogP contribution >= 0.6 is 0 Å². The van der Waals surface area contributed by atoms with Gasteiger partial charge in [-0.05, 0) is 24.3 Å². The van der Waals surface area contributed by atoms with Crippen molar-refractivity contribution in [3.8, 4) is 0 Å². The van der Waals surface area contributed by atoms with Crippen LogP contribution in [0.2, 0.25) is 0 Å². The Hall–Kier alpha value is -3.81. The van der Waals surface area contributed by atoms with E-state index < -0.39 is 0 Å². The van der Waals surface area contributed by atoms with Gasteiger partial charge in [-0.25, -0.2) is 0 Å². The van der Waals surface area contributed by atoms with Crippen molar-refractivity contribution < 1.29 is 9.59 Å². The number of fused-ring (bicyclic) bond motifs is 4. The third kappa shape index (κ3) is 1.99. The fourth-order valence-electron chi connectivity index (χ4n) is 3.31. The molecule has 26 heavy (non-hydrogen) atoms. The largest absolute Gasteiger partial charge is 0.276 e. The molecule has 8 nitrogen and oxygen atoms in total. The third-order valence-electron chi connectivity index (χ3n) is 4.53. The molecule has 2 aromatic carbocycles. The van der Waals surface area contributed by atoms with Gasteiger partial charge in [0.2, 0.25) is 0 Å². The number of nitrogens with zero attached hydrogens (tertiary/aromatic N) is 4. The Kier molecular flexibility index (Phi) is 2.99. The van der Waals surface area contributed by atoms with E-state index in [1.165, 1.54) is 4.90 Å². The zero-order valence-electron chi connectivity index (χ0n) is 13.4. The summed E-state index contributed by atoms with van der Waals surface area (Å²) >= 11 is 0. The second-order valence-corrected chi connectivity index (χ2v) is 6.01. The smallest absolute Gasteiger partial charge is 0.261 e. The number of anilines is 1. The summed E-state index contributed by atoms with van der Waals surface area (Å²) in [5.74, 6) is -0.594. The summed E-state index contributed by atoms with van der Waals surface area (Å²) in [6.07, 6.45) is 5.32. The number of aromatic amines is 1. The molecule has 8 heteroatoms. The van der Waals surface area contributed by atoms with Crippen LogP contribution in [0.1, 0.15) is 31.8 Å². The molecule has 0 fully saturated rings. The van der Waals surface area contributed by atoms with Gasteiger partial charge in [0.05, 0.1) is 23.4 Å². The molecule has 126 valence electrons. The maximum Gasteiger partial charge on any atom is 0.261 e. The highest BCUT2D eigenvalue weighted by atomic mass is 16.2. The lowest BCUT2D eigenvalue weighted by molar-refractivity contribution is 0.0643. The molecule has 0 aliphatic carbocycles. The molecule has 1 aromatic heterocycles. The number of hydrogen-bond donors (Lipinski definition) is 2. The predicted molar refractivity (Wildman–Crippen MR) is 95.7 cm³/mol. The minimum Gasteiger partial charge on any atom is -0.276 e. The first-order valence-corrected chi connectivity index (χ1v) is 8.01. The van der Waals surface area contributed by atoms with Crippen LogP contribution in [0.25, 0.3) is 17.1 Å². The van der Waals surface area contributed by atoms with E-state index in [4.69, 9.17) is 0 Å². The molecule has 5 rings (SSSR count). The summed E-state index contributed by atoms with van der Waals surface area (Å²) in [4.78, 5) is 26.5. The number of H-pyrrole nitrogens is 1. The lowest BCUT2D eigenvalue weighted by Gasteiger charge is -2.15. The third-order valence-corrected chi connectivity index (χ3v) is 4.53. The zero-order chi connectivity index (χ0) is 17.7. The van der Waals surface area contributed by atoms with Gasteiger partial charge in [-0.15, -0.1) is 0 Å². The van der Waals surface area contributed by atoms with Gasteiger partial charge in [0, 0.05) is 17.3 Å². The average molecular weight is 344 g/mol. The van der Waals surface area contributed by atoms with E-state index in [0.29, 0.717) is 22.2 Å². The van der Waals surface area contributed by atoms with Crippen molar-refractivity contribution in [2.45, 2.75) is 6.54 Å². The number of imide groups is 1. The topological polar surface area (TPSA) is 103 Å². The van der Waals surface area contributed by atoms with Gasteiger partial charge in [-0.2, -0.15) is 20.5 Å². The van der Waals surface area contributed by atoms with E-state index in [1.54, 1.807) is 36.6 Å². The average Bonchev–Trinajstić information content (AvgIpc) is 3.14. The number of nitrogens with one attached hydrogen (secondary N) is 2. The molecule has 0 saturated carbocycles. The monoisotopic (exact) mass is 344 g/mol. The standard InChI is InChI=1S/C18H12N6O2/c25-17-12-5-1-2-6-13(12)18(26)24(17)9-11-8-10-4-3-7-19-20-14(10)16-15(11)21-23-22-16/h1-8,20H,9H2,(H,21,22,23). The number of benzene rings is 2. The Morgan fingerprint density at radius 1 is 1.00 bits per heavy atom. The maximum atomic E-state index is 12.6. The van der Waals surface area contributed by atoms with Crippen molar-refractivity contribution in [1.29, 1.82) is 0 Å². The fraction of sp³-hybridized carbons (Fsp3) is 0.0556. The van der Waals surface area contributed by atoms with Gasteiger partial charge in [-0.3, -0.25) is 19.9 Å². The first-order valence-electron chi connectivity index (χ1n) is 8.01. The van der Waals surface area contributed by atoms with Crippen LogP contribution in [0, 0.1) is 0 Å². The highest BCUT2D eigenvalue weighted by Crippen LogP contribution is 2.32. The second kappa shape index (κ2) is 5.35. The van der Waals surface area contributed by atoms with E-state index >= 15 is 0 Å². The number of aromatic nitrogens is 3.